The third-order valence-electron chi connectivity index (χ3n) is 22.3. The first kappa shape index (κ1) is 92.5. The summed E-state index contributed by atoms with van der Waals surface area (Å²) in [5.41, 5.74) is 5.12. The fourth-order valence-electron chi connectivity index (χ4n) is 19.4. The van der Waals surface area contributed by atoms with Crippen molar-refractivity contribution in [1.29, 1.82) is 0 Å². The summed E-state index contributed by atoms with van der Waals surface area (Å²) in [4.78, 5) is 0. The Morgan fingerprint density at radius 2 is 0.469 bits per heavy atom. The Bertz CT molecular complexity index is 3900. The molecule has 4 atom stereocenters. The van der Waals surface area contributed by atoms with Crippen molar-refractivity contribution in [2.45, 2.75) is 389 Å². The second kappa shape index (κ2) is 29.2. The molecule has 0 saturated carbocycles. The first-order valence-electron chi connectivity index (χ1n) is 42.9. The number of rotatable bonds is 20. The Labute approximate surface area is 690 Å². The molecule has 8 fully saturated rings. The molecule has 0 amide bonds. The molecule has 0 aliphatic carbocycles. The fraction of sp³-hybridized carbons (Fsp3) is 0.758. The molecule has 14 heteroatoms. The molecule has 113 heavy (non-hydrogen) atoms. The highest BCUT2D eigenvalue weighted by Gasteiger charge is 3.05. The van der Waals surface area contributed by atoms with Gasteiger partial charge >= 0.3 is 35.1 Å². The van der Waals surface area contributed by atoms with Crippen molar-refractivity contribution in [3.05, 3.63) is 138 Å². The van der Waals surface area contributed by atoms with Crippen LogP contribution < -0.4 is 0 Å². The van der Waals surface area contributed by atoms with Crippen molar-refractivity contribution in [1.82, 2.24) is 0 Å². The molecule has 5 bridgehead atoms. The first-order chi connectivity index (χ1) is 50.5. The lowest BCUT2D eigenvalue weighted by Gasteiger charge is -2.82. The molecule has 8 aliphatic rings. The van der Waals surface area contributed by atoms with E-state index in [1.807, 2.05) is 13.8 Å². The standard InChI is InChI=1S/C99H158O12P2/c1-79(2,3)49-63-41-67(53-83(13,14)15)75(68(42-63)54-84(16,17)18)93(76-69(55-85(19,20)21)43-64(50-80(4,5)6)44-70(76)56-86(22,23)24)96-95(78-73(59-89(31,32)33)47-66(52-82(10,11)12)48-74(78)60-90(34,35)36,106-112-108-98(96,109-112)104-97(92(39,40)62-101)105-99(96)110-113(107-97)111-99)103-94(102-93,91(37,38)61-100)77-71(57-87(25,26)27)45-65(51-81(7,8)9)46-72(77)58-88(28,29)30/h41-48,100-101H,49-62H2,1-40H3. The second-order valence-corrected chi connectivity index (χ2v) is 53.8. The smallest absolute Gasteiger partial charge is 0.346 e. The summed E-state index contributed by atoms with van der Waals surface area (Å²) in [5.74, 6) is -11.7. The van der Waals surface area contributed by atoms with Crippen molar-refractivity contribution in [2.24, 2.45) is 81.2 Å². The molecular weight excluding hydrogens is 1440 g/mol. The quantitative estimate of drug-likeness (QED) is 0.0816. The monoisotopic (exact) mass is 1600 g/mol. The molecule has 0 radical (unpaired) electrons. The van der Waals surface area contributed by atoms with Crippen LogP contribution in [0.25, 0.3) is 0 Å². The van der Waals surface area contributed by atoms with Crippen LogP contribution in [0, 0.1) is 81.2 Å². The summed E-state index contributed by atoms with van der Waals surface area (Å²) < 4.78 is 85.3. The van der Waals surface area contributed by atoms with Gasteiger partial charge in [0.1, 0.15) is 0 Å². The highest BCUT2D eigenvalue weighted by atomic mass is 31.2. The number of ether oxygens (including phenoxy) is 4. The topological polar surface area (TPSA) is 133 Å². The highest BCUT2D eigenvalue weighted by Crippen LogP contribution is 2.94. The van der Waals surface area contributed by atoms with E-state index in [1.54, 1.807) is 0 Å². The molecule has 8 saturated heterocycles. The van der Waals surface area contributed by atoms with Gasteiger partial charge in [-0.2, -0.15) is 0 Å². The van der Waals surface area contributed by atoms with Gasteiger partial charge in [0.15, 0.2) is 5.60 Å². The van der Waals surface area contributed by atoms with Crippen LogP contribution in [-0.4, -0.2) is 41.3 Å². The largest absolute Gasteiger partial charge is 0.396 e. The average Bonchev–Trinajstić information content (AvgIpc) is 0.598. The van der Waals surface area contributed by atoms with Crippen LogP contribution in [0.1, 0.15) is 366 Å². The Morgan fingerprint density at radius 3 is 0.699 bits per heavy atom. The molecule has 8 heterocycles. The van der Waals surface area contributed by atoms with Crippen molar-refractivity contribution in [3.8, 4) is 0 Å². The molecule has 4 unspecified atom stereocenters. The first-order valence-corrected chi connectivity index (χ1v) is 45.1. The zero-order valence-corrected chi connectivity index (χ0v) is 80.7. The Balaban J connectivity index is 1.76. The number of aliphatic hydroxyl groups is 2. The van der Waals surface area contributed by atoms with E-state index in [4.69, 9.17) is 36.6 Å². The van der Waals surface area contributed by atoms with Gasteiger partial charge in [0.2, 0.25) is 17.0 Å². The van der Waals surface area contributed by atoms with Crippen LogP contribution in [0.5, 0.6) is 0 Å². The third kappa shape index (κ3) is 18.7. The van der Waals surface area contributed by atoms with Gasteiger partial charge in [0, 0.05) is 16.5 Å². The lowest BCUT2D eigenvalue weighted by molar-refractivity contribution is -0.736. The molecule has 3 spiro atoms. The fourth-order valence-corrected chi connectivity index (χ4v) is 22.0. The molecule has 12 rings (SSSR count). The SMILES string of the molecule is CC(C)(C)Cc1cc(CC(C)(C)C)c(C2(C(C)(C)CO)OC3(c4c(CC(C)(C)C)cc(CC(C)(C)C)cc4CC(C)(C)C)OP4OC5(O4)OC4(C(C)(C)CO)OP6OC(O6)(O4)C53C(c3c(CC(C)(C)C)cc(CC(C)(C)C)cc3CC(C)(C)C)(c3c(CC(C)(C)C)cc(CC(C)(C)C)cc3CC(C)(C)C)O2)c(CC(C)(C)C)c1. The molecule has 8 aliphatic heterocycles. The van der Waals surface area contributed by atoms with Crippen LogP contribution in [0.4, 0.5) is 0 Å². The van der Waals surface area contributed by atoms with Gasteiger partial charge in [-0.25, -0.2) is 0 Å². The maximum Gasteiger partial charge on any atom is 0.346 e. The predicted octanol–water partition coefficient (Wildman–Crippen LogP) is 26.4. The van der Waals surface area contributed by atoms with Crippen molar-refractivity contribution in [3.63, 3.8) is 0 Å². The third-order valence-corrected chi connectivity index (χ3v) is 24.6. The minimum absolute atomic E-state index is 0.116. The summed E-state index contributed by atoms with van der Waals surface area (Å²) in [5, 5.41) is 26.2. The van der Waals surface area contributed by atoms with E-state index in [-0.39, 0.29) is 32.5 Å². The van der Waals surface area contributed by atoms with Crippen molar-refractivity contribution in [2.75, 3.05) is 13.2 Å². The van der Waals surface area contributed by atoms with Gasteiger partial charge in [0.05, 0.1) is 18.6 Å². The predicted molar refractivity (Wildman–Crippen MR) is 465 cm³/mol. The zero-order chi connectivity index (χ0) is 85.5. The minimum atomic E-state index is -2.55. The zero-order valence-electron chi connectivity index (χ0n) is 78.9. The van der Waals surface area contributed by atoms with E-state index in [0.29, 0.717) is 51.4 Å². The Kier molecular flexibility index (Phi) is 23.9. The van der Waals surface area contributed by atoms with E-state index < -0.39 is 114 Å². The normalized spacial score (nSPS) is 26.7. The van der Waals surface area contributed by atoms with E-state index in [0.717, 1.165) is 92.4 Å². The van der Waals surface area contributed by atoms with Gasteiger partial charge in [-0.15, -0.1) is 0 Å². The van der Waals surface area contributed by atoms with Gasteiger partial charge in [-0.1, -0.05) is 312 Å². The summed E-state index contributed by atoms with van der Waals surface area (Å²) in [6, 6.07) is 19.9. The second-order valence-electron chi connectivity index (χ2n) is 51.8. The van der Waals surface area contributed by atoms with Crippen LogP contribution in [-0.2, 0) is 140 Å². The van der Waals surface area contributed by atoms with Crippen LogP contribution in [0.15, 0.2) is 48.5 Å². The molecule has 636 valence electrons. The summed E-state index contributed by atoms with van der Waals surface area (Å²) >= 11 is 0. The van der Waals surface area contributed by atoms with E-state index in [1.165, 1.54) is 22.3 Å². The Morgan fingerprint density at radius 1 is 0.248 bits per heavy atom. The molecule has 4 aromatic rings. The lowest BCUT2D eigenvalue weighted by atomic mass is 9.49. The van der Waals surface area contributed by atoms with Gasteiger partial charge < -0.3 is 19.7 Å². The molecule has 4 aromatic carbocycles. The number of hydrogen-bond donors (Lipinski definition) is 2. The molecule has 2 N–H and O–H groups in total. The van der Waals surface area contributed by atoms with E-state index >= 15 is 0 Å². The van der Waals surface area contributed by atoms with Gasteiger partial charge in [-0.05, 0) is 234 Å². The van der Waals surface area contributed by atoms with Crippen molar-refractivity contribution >= 4 is 17.2 Å². The summed E-state index contributed by atoms with van der Waals surface area (Å²) in [6.07, 6.45) is 7.50. The van der Waals surface area contributed by atoms with E-state index in [9.17, 15) is 19.7 Å². The van der Waals surface area contributed by atoms with Crippen molar-refractivity contribution < 1.29 is 56.3 Å². The van der Waals surface area contributed by atoms with Crippen LogP contribution in [0.3, 0.4) is 0 Å². The lowest BCUT2D eigenvalue weighted by Crippen LogP contribution is -2.96. The number of aliphatic hydroxyl groups excluding tert-OH is 2. The summed E-state index contributed by atoms with van der Waals surface area (Å²) in [7, 11) is -4.97. The molecule has 12 nitrogen and oxygen atoms in total. The van der Waals surface area contributed by atoms with Gasteiger partial charge in [0.25, 0.3) is 0 Å². The number of benzene rings is 4. The van der Waals surface area contributed by atoms with Crippen LogP contribution in [0.2, 0.25) is 0 Å². The Hall–Kier alpha value is -2.74. The molecule has 0 aromatic heterocycles. The highest BCUT2D eigenvalue weighted by molar-refractivity contribution is 7.43. The maximum absolute atomic E-state index is 13.9. The number of hydrogen-bond acceptors (Lipinski definition) is 12. The molecular formula is C99H158O12P2. The summed E-state index contributed by atoms with van der Waals surface area (Å²) in [6.45, 7) is 91.7. The van der Waals surface area contributed by atoms with Crippen LogP contribution >= 0.6 is 17.2 Å². The minimum Gasteiger partial charge on any atom is -0.396 e. The average molecular weight is 1600 g/mol. The van der Waals surface area contributed by atoms with E-state index in [2.05, 4.69) is 312 Å². The van der Waals surface area contributed by atoms with Gasteiger partial charge in [-0.3, -0.25) is 36.6 Å². The maximum atomic E-state index is 13.9.